The zero-order chi connectivity index (χ0) is 10.1. The lowest BCUT2D eigenvalue weighted by atomic mass is 9.99. The number of ether oxygens (including phenoxy) is 1. The number of carbonyl (C=O) groups excluding carboxylic acids is 2. The van der Waals surface area contributed by atoms with E-state index in [1.54, 1.807) is 18.2 Å². The van der Waals surface area contributed by atoms with E-state index in [1.807, 2.05) is 0 Å². The lowest BCUT2D eigenvalue weighted by molar-refractivity contribution is -0.115. The van der Waals surface area contributed by atoms with Gasteiger partial charge in [-0.2, -0.15) is 0 Å². The highest BCUT2D eigenvalue weighted by Crippen LogP contribution is 2.23. The Morgan fingerprint density at radius 1 is 1.50 bits per heavy atom. The van der Waals surface area contributed by atoms with Gasteiger partial charge in [-0.1, -0.05) is 11.6 Å². The summed E-state index contributed by atoms with van der Waals surface area (Å²) in [5, 5.41) is 0.558. The molecule has 0 saturated heterocycles. The number of fused-ring (bicyclic) bond motifs is 1. The van der Waals surface area contributed by atoms with Crippen molar-refractivity contribution >= 4 is 23.9 Å². The molecule has 0 amide bonds. The van der Waals surface area contributed by atoms with Crippen LogP contribution in [0.2, 0.25) is 5.02 Å². The molecule has 0 saturated carbocycles. The molecule has 1 unspecified atom stereocenters. The second kappa shape index (κ2) is 3.42. The van der Waals surface area contributed by atoms with Crippen molar-refractivity contribution in [1.29, 1.82) is 0 Å². The molecule has 3 nitrogen and oxygen atoms in total. The molecular formula is C10H7ClO3. The first-order chi connectivity index (χ1) is 6.70. The summed E-state index contributed by atoms with van der Waals surface area (Å²) in [6.07, 6.45) is 0.362. The van der Waals surface area contributed by atoms with Crippen molar-refractivity contribution in [2.45, 2.75) is 12.5 Å². The van der Waals surface area contributed by atoms with Gasteiger partial charge in [0.1, 0.15) is 0 Å². The molecule has 1 aliphatic rings. The zero-order valence-corrected chi connectivity index (χ0v) is 7.95. The van der Waals surface area contributed by atoms with Crippen molar-refractivity contribution in [3.05, 3.63) is 34.3 Å². The predicted molar refractivity (Wildman–Crippen MR) is 50.4 cm³/mol. The maximum Gasteiger partial charge on any atom is 0.339 e. The normalized spacial score (nSPS) is 19.8. The second-order valence-corrected chi connectivity index (χ2v) is 3.52. The van der Waals surface area contributed by atoms with E-state index in [9.17, 15) is 9.59 Å². The minimum absolute atomic E-state index is 0.408. The zero-order valence-electron chi connectivity index (χ0n) is 7.20. The maximum absolute atomic E-state index is 11.3. The van der Waals surface area contributed by atoms with Gasteiger partial charge in [-0.3, -0.25) is 4.79 Å². The molecule has 0 aliphatic carbocycles. The maximum atomic E-state index is 11.3. The molecule has 0 spiro atoms. The molecule has 1 aromatic rings. The lowest BCUT2D eigenvalue weighted by Gasteiger charge is -2.20. The van der Waals surface area contributed by atoms with Crippen molar-refractivity contribution in [3.63, 3.8) is 0 Å². The van der Waals surface area contributed by atoms with Gasteiger partial charge in [0, 0.05) is 11.4 Å². The second-order valence-electron chi connectivity index (χ2n) is 3.09. The van der Waals surface area contributed by atoms with Crippen molar-refractivity contribution in [1.82, 2.24) is 0 Å². The summed E-state index contributed by atoms with van der Waals surface area (Å²) in [6.45, 7) is 0. The van der Waals surface area contributed by atoms with E-state index < -0.39 is 12.1 Å². The van der Waals surface area contributed by atoms with Crippen LogP contribution < -0.4 is 0 Å². The van der Waals surface area contributed by atoms with Crippen molar-refractivity contribution in [2.24, 2.45) is 0 Å². The van der Waals surface area contributed by atoms with E-state index in [2.05, 4.69) is 0 Å². The summed E-state index contributed by atoms with van der Waals surface area (Å²) in [5.74, 6) is -0.458. The molecule has 0 aromatic heterocycles. The molecular weight excluding hydrogens is 204 g/mol. The van der Waals surface area contributed by atoms with Gasteiger partial charge in [0.15, 0.2) is 12.4 Å². The molecule has 1 heterocycles. The van der Waals surface area contributed by atoms with E-state index in [0.29, 0.717) is 23.3 Å². The number of halogens is 1. The van der Waals surface area contributed by atoms with Gasteiger partial charge in [-0.25, -0.2) is 4.79 Å². The van der Waals surface area contributed by atoms with Crippen molar-refractivity contribution in [2.75, 3.05) is 0 Å². The van der Waals surface area contributed by atoms with Gasteiger partial charge < -0.3 is 4.74 Å². The van der Waals surface area contributed by atoms with Crippen LogP contribution in [0.15, 0.2) is 18.2 Å². The van der Waals surface area contributed by atoms with Crippen molar-refractivity contribution in [3.8, 4) is 0 Å². The Balaban J connectivity index is 2.45. The van der Waals surface area contributed by atoms with Crippen LogP contribution in [0.25, 0.3) is 0 Å². The van der Waals surface area contributed by atoms with Gasteiger partial charge in [0.05, 0.1) is 5.56 Å². The summed E-state index contributed by atoms with van der Waals surface area (Å²) in [4.78, 5) is 21.8. The van der Waals surface area contributed by atoms with Gasteiger partial charge in [0.2, 0.25) is 0 Å². The molecule has 72 valence electrons. The van der Waals surface area contributed by atoms with Crippen LogP contribution in [0.1, 0.15) is 15.9 Å². The first kappa shape index (κ1) is 9.21. The Morgan fingerprint density at radius 2 is 2.29 bits per heavy atom. The van der Waals surface area contributed by atoms with Crippen LogP contribution >= 0.6 is 11.6 Å². The van der Waals surface area contributed by atoms with E-state index in [4.69, 9.17) is 16.3 Å². The summed E-state index contributed by atoms with van der Waals surface area (Å²) < 4.78 is 4.85. The van der Waals surface area contributed by atoms with Crippen LogP contribution in [-0.4, -0.2) is 18.4 Å². The third-order valence-corrected chi connectivity index (χ3v) is 2.35. The molecule has 1 aromatic carbocycles. The Kier molecular flexibility index (Phi) is 2.25. The van der Waals surface area contributed by atoms with Crippen LogP contribution in [0.3, 0.4) is 0 Å². The van der Waals surface area contributed by atoms with Crippen molar-refractivity contribution < 1.29 is 14.3 Å². The van der Waals surface area contributed by atoms with E-state index in [-0.39, 0.29) is 0 Å². The van der Waals surface area contributed by atoms with Crippen LogP contribution in [0.4, 0.5) is 0 Å². The highest BCUT2D eigenvalue weighted by Gasteiger charge is 2.25. The molecule has 0 bridgehead atoms. The van der Waals surface area contributed by atoms with E-state index in [1.165, 1.54) is 0 Å². The number of hydrogen-bond donors (Lipinski definition) is 0. The minimum Gasteiger partial charge on any atom is -0.451 e. The fourth-order valence-corrected chi connectivity index (χ4v) is 1.66. The number of hydrogen-bond acceptors (Lipinski definition) is 3. The quantitative estimate of drug-likeness (QED) is 0.523. The minimum atomic E-state index is -0.673. The highest BCUT2D eigenvalue weighted by molar-refractivity contribution is 6.30. The number of esters is 1. The van der Waals surface area contributed by atoms with Gasteiger partial charge >= 0.3 is 5.97 Å². The largest absolute Gasteiger partial charge is 0.451 e. The standard InChI is InChI=1S/C10H7ClO3/c11-7-1-2-9-6(3-7)4-8(5-12)14-10(9)13/h1-3,5,8H,4H2. The number of benzene rings is 1. The fourth-order valence-electron chi connectivity index (χ4n) is 1.47. The summed E-state index contributed by atoms with van der Waals surface area (Å²) in [7, 11) is 0. The molecule has 4 heteroatoms. The average Bonchev–Trinajstić information content (AvgIpc) is 2.16. The summed E-state index contributed by atoms with van der Waals surface area (Å²) >= 11 is 5.77. The molecule has 0 radical (unpaired) electrons. The van der Waals surface area contributed by atoms with Crippen LogP contribution in [0.5, 0.6) is 0 Å². The molecule has 1 aliphatic heterocycles. The third-order valence-electron chi connectivity index (χ3n) is 2.12. The van der Waals surface area contributed by atoms with Crippen LogP contribution in [0, 0.1) is 0 Å². The first-order valence-corrected chi connectivity index (χ1v) is 4.53. The predicted octanol–water partition coefficient (Wildman–Crippen LogP) is 1.62. The van der Waals surface area contributed by atoms with E-state index >= 15 is 0 Å². The average molecular weight is 211 g/mol. The summed E-state index contributed by atoms with van der Waals surface area (Å²) in [6, 6.07) is 4.93. The topological polar surface area (TPSA) is 43.4 Å². The number of rotatable bonds is 1. The lowest BCUT2D eigenvalue weighted by Crippen LogP contribution is -2.28. The number of carbonyl (C=O) groups is 2. The van der Waals surface area contributed by atoms with Gasteiger partial charge in [0.25, 0.3) is 0 Å². The smallest absolute Gasteiger partial charge is 0.339 e. The molecule has 14 heavy (non-hydrogen) atoms. The number of aldehydes is 1. The highest BCUT2D eigenvalue weighted by atomic mass is 35.5. The Morgan fingerprint density at radius 3 is 3.00 bits per heavy atom. The molecule has 0 N–H and O–H groups in total. The Labute approximate surface area is 85.6 Å². The Hall–Kier alpha value is -1.35. The Bertz CT molecular complexity index is 400. The summed E-state index contributed by atoms with van der Waals surface area (Å²) in [5.41, 5.74) is 1.26. The third kappa shape index (κ3) is 1.51. The first-order valence-electron chi connectivity index (χ1n) is 4.15. The number of cyclic esters (lactones) is 1. The van der Waals surface area contributed by atoms with Crippen LogP contribution in [-0.2, 0) is 16.0 Å². The molecule has 0 fully saturated rings. The monoisotopic (exact) mass is 210 g/mol. The van der Waals surface area contributed by atoms with Gasteiger partial charge in [-0.05, 0) is 23.8 Å². The van der Waals surface area contributed by atoms with Gasteiger partial charge in [-0.15, -0.1) is 0 Å². The fraction of sp³-hybridized carbons (Fsp3) is 0.200. The molecule has 1 atom stereocenters. The molecule has 2 rings (SSSR count). The SMILES string of the molecule is O=CC1Cc2cc(Cl)ccc2C(=O)O1. The van der Waals surface area contributed by atoms with E-state index in [0.717, 1.165) is 5.56 Å².